The van der Waals surface area contributed by atoms with Crippen LogP contribution in [0.5, 0.6) is 0 Å². The number of carboxylic acid groups (broad SMARTS) is 1. The van der Waals surface area contributed by atoms with Crippen LogP contribution in [-0.2, 0) is 14.3 Å². The van der Waals surface area contributed by atoms with Crippen molar-refractivity contribution in [1.82, 2.24) is 0 Å². The van der Waals surface area contributed by atoms with E-state index < -0.39 is 11.9 Å². The van der Waals surface area contributed by atoms with E-state index >= 15 is 0 Å². The van der Waals surface area contributed by atoms with E-state index in [1.807, 2.05) is 0 Å². The van der Waals surface area contributed by atoms with Gasteiger partial charge in [-0.3, -0.25) is 0 Å². The molecule has 4 heteroatoms. The molecule has 0 radical (unpaired) electrons. The molecule has 0 aromatic rings. The number of ether oxygens (including phenoxy) is 1. The van der Waals surface area contributed by atoms with Crippen molar-refractivity contribution in [3.63, 3.8) is 0 Å². The summed E-state index contributed by atoms with van der Waals surface area (Å²) in [6.45, 7) is 7.19. The molecular weight excluding hydrogens is 232 g/mol. The highest BCUT2D eigenvalue weighted by Crippen LogP contribution is 2.44. The van der Waals surface area contributed by atoms with Gasteiger partial charge in [-0.25, -0.2) is 9.59 Å². The van der Waals surface area contributed by atoms with Crippen molar-refractivity contribution in [1.29, 1.82) is 0 Å². The number of aliphatic carboxylic acids is 1. The largest absolute Gasteiger partial charge is 0.478 e. The van der Waals surface area contributed by atoms with Crippen molar-refractivity contribution >= 4 is 11.9 Å². The minimum Gasteiger partial charge on any atom is -0.478 e. The maximum absolute atomic E-state index is 11.8. The zero-order chi connectivity index (χ0) is 13.8. The Labute approximate surface area is 107 Å². The van der Waals surface area contributed by atoms with Gasteiger partial charge in [0.25, 0.3) is 0 Å². The zero-order valence-corrected chi connectivity index (χ0v) is 11.0. The van der Waals surface area contributed by atoms with Crippen LogP contribution in [0.25, 0.3) is 0 Å². The van der Waals surface area contributed by atoms with Crippen LogP contribution in [-0.4, -0.2) is 22.6 Å². The minimum atomic E-state index is -0.985. The van der Waals surface area contributed by atoms with Crippen molar-refractivity contribution in [3.05, 3.63) is 23.8 Å². The number of rotatable bonds is 7. The summed E-state index contributed by atoms with van der Waals surface area (Å²) in [5, 5.41) is 8.69. The summed E-state index contributed by atoms with van der Waals surface area (Å²) in [5.74, 6) is -1.39. The molecule has 0 aliphatic heterocycles. The van der Waals surface area contributed by atoms with E-state index in [2.05, 4.69) is 13.5 Å². The molecular formula is C14H20O4. The first-order valence-electron chi connectivity index (χ1n) is 6.21. The summed E-state index contributed by atoms with van der Waals surface area (Å²) in [6, 6.07) is 0. The number of hydrogen-bond acceptors (Lipinski definition) is 3. The summed E-state index contributed by atoms with van der Waals surface area (Å²) >= 11 is 0. The molecule has 0 spiro atoms. The molecule has 100 valence electrons. The average molecular weight is 252 g/mol. The van der Waals surface area contributed by atoms with Crippen molar-refractivity contribution in [2.75, 3.05) is 0 Å². The van der Waals surface area contributed by atoms with Gasteiger partial charge < -0.3 is 9.84 Å². The number of hydrogen-bond donors (Lipinski definition) is 1. The second-order valence-corrected chi connectivity index (χ2v) is 4.82. The van der Waals surface area contributed by atoms with Gasteiger partial charge in [-0.15, -0.1) is 0 Å². The van der Waals surface area contributed by atoms with E-state index in [1.165, 1.54) is 13.0 Å². The number of carboxylic acids is 1. The first-order valence-corrected chi connectivity index (χ1v) is 6.21. The van der Waals surface area contributed by atoms with Crippen molar-refractivity contribution in [2.45, 2.75) is 51.6 Å². The SMILES string of the molecule is C=C(CC=C(C)C(=O)O)C(=O)OC1(CCC)CC1. The first kappa shape index (κ1) is 14.5. The summed E-state index contributed by atoms with van der Waals surface area (Å²) in [5.41, 5.74) is 0.247. The lowest BCUT2D eigenvalue weighted by Crippen LogP contribution is -2.20. The Hall–Kier alpha value is -1.58. The Balaban J connectivity index is 2.45. The second-order valence-electron chi connectivity index (χ2n) is 4.82. The lowest BCUT2D eigenvalue weighted by Gasteiger charge is -2.16. The molecule has 1 rings (SSSR count). The highest BCUT2D eigenvalue weighted by Gasteiger charge is 2.45. The van der Waals surface area contributed by atoms with E-state index in [4.69, 9.17) is 9.84 Å². The van der Waals surface area contributed by atoms with Crippen LogP contribution in [0.2, 0.25) is 0 Å². The predicted octanol–water partition coefficient (Wildman–Crippen LogP) is 2.84. The third-order valence-electron chi connectivity index (χ3n) is 3.10. The molecule has 1 fully saturated rings. The lowest BCUT2D eigenvalue weighted by molar-refractivity contribution is -0.146. The molecule has 0 aromatic carbocycles. The monoisotopic (exact) mass is 252 g/mol. The average Bonchev–Trinajstić information content (AvgIpc) is 3.05. The molecule has 0 aromatic heterocycles. The molecule has 0 amide bonds. The fraction of sp³-hybridized carbons (Fsp3) is 0.571. The smallest absolute Gasteiger partial charge is 0.334 e. The van der Waals surface area contributed by atoms with Gasteiger partial charge in [-0.05, 0) is 32.6 Å². The van der Waals surface area contributed by atoms with E-state index in [0.717, 1.165) is 25.7 Å². The predicted molar refractivity (Wildman–Crippen MR) is 68.1 cm³/mol. The normalized spacial score (nSPS) is 17.1. The number of carbonyl (C=O) groups is 2. The molecule has 1 aliphatic rings. The van der Waals surface area contributed by atoms with Crippen molar-refractivity contribution in [3.8, 4) is 0 Å². The standard InChI is InChI=1S/C14H20O4/c1-4-7-14(8-9-14)18-13(17)11(3)6-5-10(2)12(15)16/h5H,3-4,6-9H2,1-2H3,(H,15,16). The van der Waals surface area contributed by atoms with Crippen LogP contribution < -0.4 is 0 Å². The van der Waals surface area contributed by atoms with Crippen LogP contribution in [0, 0.1) is 0 Å². The Morgan fingerprint density at radius 2 is 2.06 bits per heavy atom. The number of esters is 1. The Morgan fingerprint density at radius 3 is 2.50 bits per heavy atom. The van der Waals surface area contributed by atoms with Gasteiger partial charge in [0.1, 0.15) is 5.60 Å². The fourth-order valence-electron chi connectivity index (χ4n) is 1.71. The molecule has 1 N–H and O–H groups in total. The Morgan fingerprint density at radius 1 is 1.44 bits per heavy atom. The summed E-state index contributed by atoms with van der Waals surface area (Å²) in [4.78, 5) is 22.3. The van der Waals surface area contributed by atoms with Crippen molar-refractivity contribution < 1.29 is 19.4 Å². The molecule has 0 heterocycles. The third kappa shape index (κ3) is 4.02. The molecule has 0 bridgehead atoms. The zero-order valence-electron chi connectivity index (χ0n) is 11.0. The van der Waals surface area contributed by atoms with Crippen LogP contribution in [0.15, 0.2) is 23.8 Å². The summed E-state index contributed by atoms with van der Waals surface area (Å²) in [6.07, 6.45) is 5.41. The van der Waals surface area contributed by atoms with Gasteiger partial charge in [0.15, 0.2) is 0 Å². The van der Waals surface area contributed by atoms with Crippen LogP contribution in [0.3, 0.4) is 0 Å². The van der Waals surface area contributed by atoms with Gasteiger partial charge in [0.2, 0.25) is 0 Å². The molecule has 0 unspecified atom stereocenters. The van der Waals surface area contributed by atoms with E-state index in [0.29, 0.717) is 5.57 Å². The minimum absolute atomic E-state index is 0.207. The molecule has 0 saturated heterocycles. The Bertz CT molecular complexity index is 389. The van der Waals surface area contributed by atoms with Gasteiger partial charge in [0, 0.05) is 11.1 Å². The summed E-state index contributed by atoms with van der Waals surface area (Å²) in [7, 11) is 0. The Kier molecular flexibility index (Phi) is 4.70. The summed E-state index contributed by atoms with van der Waals surface area (Å²) < 4.78 is 5.43. The van der Waals surface area contributed by atoms with E-state index in [-0.39, 0.29) is 17.6 Å². The number of carbonyl (C=O) groups excluding carboxylic acids is 1. The lowest BCUT2D eigenvalue weighted by atomic mass is 10.1. The highest BCUT2D eigenvalue weighted by atomic mass is 16.6. The van der Waals surface area contributed by atoms with Gasteiger partial charge in [-0.2, -0.15) is 0 Å². The van der Waals surface area contributed by atoms with Crippen LogP contribution in [0.1, 0.15) is 46.0 Å². The number of allylic oxidation sites excluding steroid dienone is 1. The fourth-order valence-corrected chi connectivity index (χ4v) is 1.71. The van der Waals surface area contributed by atoms with Gasteiger partial charge in [0.05, 0.1) is 0 Å². The van der Waals surface area contributed by atoms with Crippen LogP contribution >= 0.6 is 0 Å². The highest BCUT2D eigenvalue weighted by molar-refractivity contribution is 5.89. The van der Waals surface area contributed by atoms with Crippen LogP contribution in [0.4, 0.5) is 0 Å². The quantitative estimate of drug-likeness (QED) is 0.559. The molecule has 0 atom stereocenters. The third-order valence-corrected chi connectivity index (χ3v) is 3.10. The van der Waals surface area contributed by atoms with Crippen molar-refractivity contribution in [2.24, 2.45) is 0 Å². The van der Waals surface area contributed by atoms with Gasteiger partial charge >= 0.3 is 11.9 Å². The molecule has 18 heavy (non-hydrogen) atoms. The maximum Gasteiger partial charge on any atom is 0.334 e. The van der Waals surface area contributed by atoms with E-state index in [9.17, 15) is 9.59 Å². The molecule has 4 nitrogen and oxygen atoms in total. The topological polar surface area (TPSA) is 63.6 Å². The molecule has 1 aliphatic carbocycles. The molecule has 1 saturated carbocycles. The second kappa shape index (κ2) is 5.85. The first-order chi connectivity index (χ1) is 8.40. The van der Waals surface area contributed by atoms with E-state index in [1.54, 1.807) is 0 Å². The maximum atomic E-state index is 11.8. The van der Waals surface area contributed by atoms with Gasteiger partial charge in [-0.1, -0.05) is 26.0 Å².